The Morgan fingerprint density at radius 1 is 0.968 bits per heavy atom. The number of sulfone groups is 1. The van der Waals surface area contributed by atoms with Gasteiger partial charge in [0, 0.05) is 43.2 Å². The Bertz CT molecular complexity index is 1190. The van der Waals surface area contributed by atoms with Crippen LogP contribution in [-0.4, -0.2) is 48.8 Å². The van der Waals surface area contributed by atoms with Crippen LogP contribution in [0.1, 0.15) is 29.4 Å². The molecule has 1 fully saturated rings. The summed E-state index contributed by atoms with van der Waals surface area (Å²) in [5.74, 6) is 0.200. The molecule has 2 atom stereocenters. The maximum Gasteiger partial charge on any atom is 0.407 e. The third-order valence-electron chi connectivity index (χ3n) is 5.90. The normalized spacial score (nSPS) is 19.2. The summed E-state index contributed by atoms with van der Waals surface area (Å²) in [6.45, 7) is 0.922. The average Bonchev–Trinajstić information content (AvgIpc) is 2.79. The standard InChI is InChI=1S/C24H24N2O4S/c1-31(29,30)21-13-20(14-25-15-21)18-8-5-9-19(12-18)23-16-26(24(27)28)11-10-22(23)17-6-3-2-4-7-17/h2-9,12-15,22-23H,10-11,16H2,1H3,(H,27,28)/t22-,23-/m0/s1. The van der Waals surface area contributed by atoms with E-state index in [0.29, 0.717) is 18.7 Å². The molecule has 1 N–H and O–H groups in total. The maximum absolute atomic E-state index is 11.9. The molecule has 1 aliphatic heterocycles. The number of benzene rings is 2. The Balaban J connectivity index is 1.74. The SMILES string of the molecule is CS(=O)(=O)c1cncc(-c2cccc([C@@H]3CN(C(=O)O)CC[C@H]3c3ccccc3)c2)c1. The van der Waals surface area contributed by atoms with E-state index in [9.17, 15) is 18.3 Å². The van der Waals surface area contributed by atoms with Crippen molar-refractivity contribution in [2.45, 2.75) is 23.2 Å². The van der Waals surface area contributed by atoms with E-state index in [1.165, 1.54) is 16.7 Å². The van der Waals surface area contributed by atoms with Gasteiger partial charge in [-0.3, -0.25) is 4.98 Å². The monoisotopic (exact) mass is 436 g/mol. The number of amides is 1. The highest BCUT2D eigenvalue weighted by Gasteiger charge is 2.33. The van der Waals surface area contributed by atoms with E-state index in [1.807, 2.05) is 42.5 Å². The van der Waals surface area contributed by atoms with E-state index >= 15 is 0 Å². The molecule has 0 spiro atoms. The number of aromatic nitrogens is 1. The van der Waals surface area contributed by atoms with Crippen LogP contribution < -0.4 is 0 Å². The first-order valence-corrected chi connectivity index (χ1v) is 12.0. The molecule has 2 heterocycles. The number of nitrogens with zero attached hydrogens (tertiary/aromatic N) is 2. The lowest BCUT2D eigenvalue weighted by molar-refractivity contribution is 0.125. The fraction of sp³-hybridized carbons (Fsp3) is 0.250. The van der Waals surface area contributed by atoms with Gasteiger partial charge in [-0.15, -0.1) is 0 Å². The second-order valence-corrected chi connectivity index (χ2v) is 9.96. The molecule has 1 aromatic heterocycles. The number of hydrogen-bond acceptors (Lipinski definition) is 4. The van der Waals surface area contributed by atoms with E-state index in [0.717, 1.165) is 23.8 Å². The molecule has 31 heavy (non-hydrogen) atoms. The largest absolute Gasteiger partial charge is 0.465 e. The zero-order valence-corrected chi connectivity index (χ0v) is 18.0. The molecule has 2 aromatic carbocycles. The molecule has 1 saturated heterocycles. The highest BCUT2D eigenvalue weighted by Crippen LogP contribution is 2.40. The Hall–Kier alpha value is -3.19. The molecule has 4 rings (SSSR count). The summed E-state index contributed by atoms with van der Waals surface area (Å²) in [6, 6.07) is 19.7. The lowest BCUT2D eigenvalue weighted by Gasteiger charge is -2.38. The second-order valence-electron chi connectivity index (χ2n) is 7.95. The summed E-state index contributed by atoms with van der Waals surface area (Å²) in [6.07, 6.45) is 4.00. The van der Waals surface area contributed by atoms with Crippen molar-refractivity contribution in [2.75, 3.05) is 19.3 Å². The molecule has 160 valence electrons. The van der Waals surface area contributed by atoms with Gasteiger partial charge in [0.15, 0.2) is 9.84 Å². The summed E-state index contributed by atoms with van der Waals surface area (Å²) in [4.78, 5) is 17.4. The minimum absolute atomic E-state index is 0.00162. The van der Waals surface area contributed by atoms with Crippen molar-refractivity contribution in [2.24, 2.45) is 0 Å². The Labute approximate surface area is 182 Å². The zero-order chi connectivity index (χ0) is 22.0. The molecule has 3 aromatic rings. The Kier molecular flexibility index (Phi) is 5.78. The first-order chi connectivity index (χ1) is 14.8. The van der Waals surface area contributed by atoms with E-state index < -0.39 is 15.9 Å². The van der Waals surface area contributed by atoms with Crippen LogP contribution in [0.3, 0.4) is 0 Å². The van der Waals surface area contributed by atoms with Gasteiger partial charge >= 0.3 is 6.09 Å². The van der Waals surface area contributed by atoms with Gasteiger partial charge in [-0.25, -0.2) is 13.2 Å². The van der Waals surface area contributed by atoms with Crippen molar-refractivity contribution in [3.05, 3.63) is 84.2 Å². The quantitative estimate of drug-likeness (QED) is 0.655. The minimum Gasteiger partial charge on any atom is -0.465 e. The number of rotatable bonds is 4. The summed E-state index contributed by atoms with van der Waals surface area (Å²) in [5, 5.41) is 9.56. The molecular weight excluding hydrogens is 412 g/mol. The van der Waals surface area contributed by atoms with Gasteiger partial charge < -0.3 is 10.0 Å². The van der Waals surface area contributed by atoms with Crippen molar-refractivity contribution < 1.29 is 18.3 Å². The lowest BCUT2D eigenvalue weighted by Crippen LogP contribution is -2.41. The van der Waals surface area contributed by atoms with E-state index in [4.69, 9.17) is 0 Å². The van der Waals surface area contributed by atoms with Gasteiger partial charge in [0.2, 0.25) is 0 Å². The third-order valence-corrected chi connectivity index (χ3v) is 6.98. The molecular formula is C24H24N2O4S. The summed E-state index contributed by atoms with van der Waals surface area (Å²) in [7, 11) is -3.36. The zero-order valence-electron chi connectivity index (χ0n) is 17.2. The second kappa shape index (κ2) is 8.51. The van der Waals surface area contributed by atoms with Gasteiger partial charge in [-0.1, -0.05) is 54.6 Å². The molecule has 0 bridgehead atoms. The summed E-state index contributed by atoms with van der Waals surface area (Å²) < 4.78 is 23.9. The van der Waals surface area contributed by atoms with E-state index in [1.54, 1.807) is 12.3 Å². The van der Waals surface area contributed by atoms with Crippen LogP contribution in [0, 0.1) is 0 Å². The van der Waals surface area contributed by atoms with Crippen molar-refractivity contribution >= 4 is 15.9 Å². The first-order valence-electron chi connectivity index (χ1n) is 10.1. The van der Waals surface area contributed by atoms with Gasteiger partial charge in [-0.05, 0) is 35.1 Å². The maximum atomic E-state index is 11.9. The van der Waals surface area contributed by atoms with Crippen LogP contribution in [-0.2, 0) is 9.84 Å². The first kappa shape index (κ1) is 21.1. The molecule has 0 aliphatic carbocycles. The van der Waals surface area contributed by atoms with Crippen molar-refractivity contribution in [3.63, 3.8) is 0 Å². The van der Waals surface area contributed by atoms with E-state index in [-0.39, 0.29) is 16.7 Å². The fourth-order valence-corrected chi connectivity index (χ4v) is 4.88. The van der Waals surface area contributed by atoms with Crippen LogP contribution in [0.15, 0.2) is 78.0 Å². The topological polar surface area (TPSA) is 87.6 Å². The number of piperidine rings is 1. The van der Waals surface area contributed by atoms with Gasteiger partial charge in [0.05, 0.1) is 4.90 Å². The molecule has 7 heteroatoms. The Morgan fingerprint density at radius 3 is 2.42 bits per heavy atom. The molecule has 6 nitrogen and oxygen atoms in total. The minimum atomic E-state index is -3.36. The molecule has 0 radical (unpaired) electrons. The molecule has 0 unspecified atom stereocenters. The van der Waals surface area contributed by atoms with Crippen molar-refractivity contribution in [1.29, 1.82) is 0 Å². The Morgan fingerprint density at radius 2 is 1.71 bits per heavy atom. The lowest BCUT2D eigenvalue weighted by atomic mass is 9.76. The van der Waals surface area contributed by atoms with E-state index in [2.05, 4.69) is 17.1 Å². The summed E-state index contributed by atoms with van der Waals surface area (Å²) in [5.41, 5.74) is 3.80. The predicted octanol–water partition coefficient (Wildman–Crippen LogP) is 4.40. The van der Waals surface area contributed by atoms with Crippen molar-refractivity contribution in [1.82, 2.24) is 9.88 Å². The highest BCUT2D eigenvalue weighted by atomic mass is 32.2. The van der Waals surface area contributed by atoms with Crippen LogP contribution in [0.4, 0.5) is 4.79 Å². The van der Waals surface area contributed by atoms with Gasteiger partial charge in [-0.2, -0.15) is 0 Å². The van der Waals surface area contributed by atoms with Gasteiger partial charge in [0.25, 0.3) is 0 Å². The summed E-state index contributed by atoms with van der Waals surface area (Å²) >= 11 is 0. The highest BCUT2D eigenvalue weighted by molar-refractivity contribution is 7.90. The number of pyridine rings is 1. The number of carbonyl (C=O) groups is 1. The number of likely N-dealkylation sites (tertiary alicyclic amines) is 1. The smallest absolute Gasteiger partial charge is 0.407 e. The number of carboxylic acid groups (broad SMARTS) is 1. The van der Waals surface area contributed by atoms with Crippen LogP contribution in [0.2, 0.25) is 0 Å². The molecule has 1 aliphatic rings. The fourth-order valence-electron chi connectivity index (χ4n) is 4.29. The van der Waals surface area contributed by atoms with Crippen molar-refractivity contribution in [3.8, 4) is 11.1 Å². The average molecular weight is 437 g/mol. The van der Waals surface area contributed by atoms with Crippen LogP contribution in [0.5, 0.6) is 0 Å². The third kappa shape index (κ3) is 4.61. The predicted molar refractivity (Wildman–Crippen MR) is 119 cm³/mol. The van der Waals surface area contributed by atoms with Crippen LogP contribution in [0.25, 0.3) is 11.1 Å². The number of hydrogen-bond donors (Lipinski definition) is 1. The molecule has 1 amide bonds. The van der Waals surface area contributed by atoms with Crippen LogP contribution >= 0.6 is 0 Å². The molecule has 0 saturated carbocycles. The van der Waals surface area contributed by atoms with Gasteiger partial charge in [0.1, 0.15) is 0 Å².